The van der Waals surface area contributed by atoms with Crippen LogP contribution in [0.5, 0.6) is 0 Å². The minimum Gasteiger partial charge on any atom is -0.342 e. The number of likely N-dealkylation sites (tertiary alicyclic amines) is 2. The van der Waals surface area contributed by atoms with Gasteiger partial charge in [-0.05, 0) is 37.5 Å². The maximum absolute atomic E-state index is 13.0. The molecule has 1 unspecified atom stereocenters. The van der Waals surface area contributed by atoms with Crippen molar-refractivity contribution in [2.75, 3.05) is 25.0 Å². The van der Waals surface area contributed by atoms with Gasteiger partial charge in [0.1, 0.15) is 0 Å². The molecule has 0 radical (unpaired) electrons. The minimum absolute atomic E-state index is 0.0126. The number of carbonyl (C=O) groups is 3. The molecule has 2 aliphatic rings. The maximum Gasteiger partial charge on any atom is 0.227 e. The Kier molecular flexibility index (Phi) is 6.35. The summed E-state index contributed by atoms with van der Waals surface area (Å²) in [5.41, 5.74) is 3.06. The number of nitrogens with one attached hydrogen (secondary N) is 1. The Bertz CT molecular complexity index is 934. The average Bonchev–Trinajstić information content (AvgIpc) is 3.15. The van der Waals surface area contributed by atoms with Gasteiger partial charge in [-0.2, -0.15) is 0 Å². The summed E-state index contributed by atoms with van der Waals surface area (Å²) in [6.45, 7) is 4.18. The molecule has 2 fully saturated rings. The molecule has 2 aliphatic heterocycles. The van der Waals surface area contributed by atoms with E-state index in [0.717, 1.165) is 11.3 Å². The molecule has 2 aromatic rings. The van der Waals surface area contributed by atoms with E-state index in [1.54, 1.807) is 4.90 Å². The van der Waals surface area contributed by atoms with Crippen molar-refractivity contribution in [2.24, 2.45) is 11.8 Å². The topological polar surface area (TPSA) is 69.7 Å². The summed E-state index contributed by atoms with van der Waals surface area (Å²) >= 11 is 0. The standard InChI is InChI=1S/C25H29N3O3/c1-18-7-9-19(10-8-18)16-28-17-21(15-23(28)29)25(31)27-13-11-20(12-14-27)24(30)26-22-5-3-2-4-6-22/h2-10,20-21H,11-17H2,1H3,(H,26,30). The van der Waals surface area contributed by atoms with Gasteiger partial charge < -0.3 is 15.1 Å². The van der Waals surface area contributed by atoms with Crippen LogP contribution in [0.15, 0.2) is 54.6 Å². The molecular weight excluding hydrogens is 390 g/mol. The van der Waals surface area contributed by atoms with Gasteiger partial charge >= 0.3 is 0 Å². The molecule has 0 aliphatic carbocycles. The second kappa shape index (κ2) is 9.33. The quantitative estimate of drug-likeness (QED) is 0.809. The van der Waals surface area contributed by atoms with E-state index in [2.05, 4.69) is 5.32 Å². The highest BCUT2D eigenvalue weighted by atomic mass is 16.2. The van der Waals surface area contributed by atoms with Gasteiger partial charge in [-0.3, -0.25) is 14.4 Å². The number of nitrogens with zero attached hydrogens (tertiary/aromatic N) is 2. The van der Waals surface area contributed by atoms with Crippen molar-refractivity contribution < 1.29 is 14.4 Å². The summed E-state index contributed by atoms with van der Waals surface area (Å²) in [6, 6.07) is 17.6. The number of hydrogen-bond donors (Lipinski definition) is 1. The fourth-order valence-corrected chi connectivity index (χ4v) is 4.39. The molecule has 6 nitrogen and oxygen atoms in total. The van der Waals surface area contributed by atoms with Gasteiger partial charge in [0.05, 0.1) is 5.92 Å². The molecule has 0 aromatic heterocycles. The van der Waals surface area contributed by atoms with Crippen LogP contribution >= 0.6 is 0 Å². The molecular formula is C25H29N3O3. The third kappa shape index (κ3) is 5.13. The fourth-order valence-electron chi connectivity index (χ4n) is 4.39. The molecule has 4 rings (SSSR count). The van der Waals surface area contributed by atoms with Crippen LogP contribution < -0.4 is 5.32 Å². The van der Waals surface area contributed by atoms with Gasteiger partial charge in [-0.15, -0.1) is 0 Å². The molecule has 162 valence electrons. The van der Waals surface area contributed by atoms with E-state index in [-0.39, 0.29) is 36.0 Å². The molecule has 0 spiro atoms. The normalized spacial score (nSPS) is 19.5. The Morgan fingerprint density at radius 1 is 0.968 bits per heavy atom. The highest BCUT2D eigenvalue weighted by Gasteiger charge is 2.38. The summed E-state index contributed by atoms with van der Waals surface area (Å²) in [6.07, 6.45) is 1.58. The van der Waals surface area contributed by atoms with Crippen LogP contribution in [0.25, 0.3) is 0 Å². The molecule has 2 aromatic carbocycles. The van der Waals surface area contributed by atoms with Crippen molar-refractivity contribution in [3.8, 4) is 0 Å². The number of aryl methyl sites for hydroxylation is 1. The van der Waals surface area contributed by atoms with Crippen molar-refractivity contribution in [2.45, 2.75) is 32.7 Å². The Labute approximate surface area is 183 Å². The Morgan fingerprint density at radius 3 is 2.32 bits per heavy atom. The third-order valence-corrected chi connectivity index (χ3v) is 6.28. The number of rotatable bonds is 5. The maximum atomic E-state index is 13.0. The average molecular weight is 420 g/mol. The molecule has 3 amide bonds. The summed E-state index contributed by atoms with van der Waals surface area (Å²) in [4.78, 5) is 41.6. The zero-order valence-corrected chi connectivity index (χ0v) is 17.9. The molecule has 1 atom stereocenters. The van der Waals surface area contributed by atoms with E-state index in [1.165, 1.54) is 5.56 Å². The van der Waals surface area contributed by atoms with Gasteiger partial charge in [-0.25, -0.2) is 0 Å². The van der Waals surface area contributed by atoms with Crippen LogP contribution in [0.1, 0.15) is 30.4 Å². The monoisotopic (exact) mass is 419 g/mol. The smallest absolute Gasteiger partial charge is 0.227 e. The highest BCUT2D eigenvalue weighted by molar-refractivity contribution is 5.93. The fraction of sp³-hybridized carbons (Fsp3) is 0.400. The first kappa shape index (κ1) is 21.1. The molecule has 31 heavy (non-hydrogen) atoms. The van der Waals surface area contributed by atoms with Crippen molar-refractivity contribution >= 4 is 23.4 Å². The van der Waals surface area contributed by atoms with Crippen molar-refractivity contribution in [1.82, 2.24) is 9.80 Å². The van der Waals surface area contributed by atoms with Crippen molar-refractivity contribution in [3.05, 3.63) is 65.7 Å². The zero-order chi connectivity index (χ0) is 21.8. The summed E-state index contributed by atoms with van der Waals surface area (Å²) in [7, 11) is 0. The van der Waals surface area contributed by atoms with E-state index in [0.29, 0.717) is 39.0 Å². The Morgan fingerprint density at radius 2 is 1.65 bits per heavy atom. The van der Waals surface area contributed by atoms with E-state index in [1.807, 2.05) is 66.4 Å². The number of para-hydroxylation sites is 1. The first-order chi connectivity index (χ1) is 15.0. The highest BCUT2D eigenvalue weighted by Crippen LogP contribution is 2.26. The van der Waals surface area contributed by atoms with Crippen LogP contribution in [0.2, 0.25) is 0 Å². The Balaban J connectivity index is 1.27. The largest absolute Gasteiger partial charge is 0.342 e. The van der Waals surface area contributed by atoms with Crippen molar-refractivity contribution in [3.63, 3.8) is 0 Å². The van der Waals surface area contributed by atoms with Crippen LogP contribution in [-0.4, -0.2) is 47.2 Å². The predicted octanol–water partition coefficient (Wildman–Crippen LogP) is 3.22. The van der Waals surface area contributed by atoms with E-state index in [4.69, 9.17) is 0 Å². The van der Waals surface area contributed by atoms with Crippen LogP contribution in [0.3, 0.4) is 0 Å². The second-order valence-corrected chi connectivity index (χ2v) is 8.62. The van der Waals surface area contributed by atoms with E-state index >= 15 is 0 Å². The Hall–Kier alpha value is -3.15. The lowest BCUT2D eigenvalue weighted by Gasteiger charge is -2.33. The zero-order valence-electron chi connectivity index (χ0n) is 17.9. The number of benzene rings is 2. The van der Waals surface area contributed by atoms with Gasteiger partial charge in [0.25, 0.3) is 0 Å². The molecule has 0 bridgehead atoms. The molecule has 6 heteroatoms. The number of anilines is 1. The molecule has 2 heterocycles. The van der Waals surface area contributed by atoms with Crippen LogP contribution in [0, 0.1) is 18.8 Å². The first-order valence-electron chi connectivity index (χ1n) is 11.0. The van der Waals surface area contributed by atoms with Gasteiger partial charge in [-0.1, -0.05) is 48.0 Å². The predicted molar refractivity (Wildman–Crippen MR) is 119 cm³/mol. The number of piperidine rings is 1. The lowest BCUT2D eigenvalue weighted by molar-refractivity contribution is -0.138. The van der Waals surface area contributed by atoms with Crippen molar-refractivity contribution in [1.29, 1.82) is 0 Å². The lowest BCUT2D eigenvalue weighted by atomic mass is 9.94. The number of hydrogen-bond acceptors (Lipinski definition) is 3. The number of carbonyl (C=O) groups excluding carboxylic acids is 3. The minimum atomic E-state index is -0.285. The summed E-state index contributed by atoms with van der Waals surface area (Å²) in [5.74, 6) is -0.281. The van der Waals surface area contributed by atoms with Gasteiger partial charge in [0, 0.05) is 44.2 Å². The lowest BCUT2D eigenvalue weighted by Crippen LogP contribution is -2.44. The summed E-state index contributed by atoms with van der Waals surface area (Å²) in [5, 5.41) is 2.96. The van der Waals surface area contributed by atoms with Crippen LogP contribution in [0.4, 0.5) is 5.69 Å². The first-order valence-corrected chi connectivity index (χ1v) is 11.0. The van der Waals surface area contributed by atoms with E-state index < -0.39 is 0 Å². The van der Waals surface area contributed by atoms with Gasteiger partial charge in [0.2, 0.25) is 17.7 Å². The summed E-state index contributed by atoms with van der Waals surface area (Å²) < 4.78 is 0. The second-order valence-electron chi connectivity index (χ2n) is 8.62. The van der Waals surface area contributed by atoms with Gasteiger partial charge in [0.15, 0.2) is 0 Å². The molecule has 2 saturated heterocycles. The molecule has 1 N–H and O–H groups in total. The number of amides is 3. The SMILES string of the molecule is Cc1ccc(CN2CC(C(=O)N3CCC(C(=O)Nc4ccccc4)CC3)CC2=O)cc1. The molecule has 0 saturated carbocycles. The third-order valence-electron chi connectivity index (χ3n) is 6.28. The van der Waals surface area contributed by atoms with Crippen LogP contribution in [-0.2, 0) is 20.9 Å². The van der Waals surface area contributed by atoms with E-state index in [9.17, 15) is 14.4 Å².